The third-order valence-corrected chi connectivity index (χ3v) is 6.01. The van der Waals surface area contributed by atoms with Crippen LogP contribution in [0.2, 0.25) is 0 Å². The van der Waals surface area contributed by atoms with Crippen LogP contribution in [0.5, 0.6) is 11.5 Å². The van der Waals surface area contributed by atoms with E-state index < -0.39 is 17.7 Å². The molecule has 4 rings (SSSR count). The molecular formula is C25H27NO6. The number of aryl methyl sites for hydroxylation is 1. The lowest BCUT2D eigenvalue weighted by atomic mass is 9.94. The second kappa shape index (κ2) is 9.04. The molecule has 7 heteroatoms. The van der Waals surface area contributed by atoms with Crippen LogP contribution in [0.15, 0.2) is 48.0 Å². The van der Waals surface area contributed by atoms with E-state index in [1.54, 1.807) is 37.4 Å². The molecule has 2 saturated heterocycles. The lowest BCUT2D eigenvalue weighted by Crippen LogP contribution is -2.36. The van der Waals surface area contributed by atoms with Crippen molar-refractivity contribution in [3.63, 3.8) is 0 Å². The smallest absolute Gasteiger partial charge is 0.295 e. The molecule has 1 N–H and O–H groups in total. The van der Waals surface area contributed by atoms with Gasteiger partial charge in [-0.3, -0.25) is 9.59 Å². The summed E-state index contributed by atoms with van der Waals surface area (Å²) in [5, 5.41) is 11.1. The Balaban J connectivity index is 1.85. The number of ether oxygens (including phenoxy) is 3. The van der Waals surface area contributed by atoms with E-state index in [0.717, 1.165) is 18.4 Å². The fourth-order valence-electron chi connectivity index (χ4n) is 4.31. The Labute approximate surface area is 187 Å². The van der Waals surface area contributed by atoms with Gasteiger partial charge in [-0.05, 0) is 37.5 Å². The molecule has 0 aliphatic carbocycles. The van der Waals surface area contributed by atoms with Gasteiger partial charge in [-0.15, -0.1) is 0 Å². The maximum atomic E-state index is 13.1. The zero-order valence-corrected chi connectivity index (χ0v) is 18.5. The normalized spacial score (nSPS) is 22.4. The largest absolute Gasteiger partial charge is 0.507 e. The molecule has 0 bridgehead atoms. The van der Waals surface area contributed by atoms with Crippen LogP contribution in [0.25, 0.3) is 5.76 Å². The molecule has 0 aromatic heterocycles. The number of hydrogen-bond donors (Lipinski definition) is 1. The highest BCUT2D eigenvalue weighted by Crippen LogP contribution is 2.42. The molecule has 168 valence electrons. The maximum Gasteiger partial charge on any atom is 0.295 e. The highest BCUT2D eigenvalue weighted by Gasteiger charge is 2.47. The average molecular weight is 437 g/mol. The van der Waals surface area contributed by atoms with Gasteiger partial charge >= 0.3 is 0 Å². The summed E-state index contributed by atoms with van der Waals surface area (Å²) in [6, 6.07) is 11.7. The van der Waals surface area contributed by atoms with Gasteiger partial charge in [0.25, 0.3) is 11.7 Å². The second-order valence-corrected chi connectivity index (χ2v) is 8.07. The van der Waals surface area contributed by atoms with Crippen LogP contribution >= 0.6 is 0 Å². The first-order chi connectivity index (χ1) is 15.4. The number of aliphatic hydroxyl groups is 1. The highest BCUT2D eigenvalue weighted by atomic mass is 16.5. The number of nitrogens with zero attached hydrogens (tertiary/aromatic N) is 1. The summed E-state index contributed by atoms with van der Waals surface area (Å²) in [6.45, 7) is 2.85. The van der Waals surface area contributed by atoms with E-state index in [9.17, 15) is 14.7 Å². The van der Waals surface area contributed by atoms with Gasteiger partial charge in [0.2, 0.25) is 0 Å². The van der Waals surface area contributed by atoms with E-state index in [0.29, 0.717) is 29.2 Å². The highest BCUT2D eigenvalue weighted by molar-refractivity contribution is 6.46. The molecule has 0 saturated carbocycles. The first-order valence-electron chi connectivity index (χ1n) is 10.6. The maximum absolute atomic E-state index is 13.1. The van der Waals surface area contributed by atoms with E-state index >= 15 is 0 Å². The first-order valence-corrected chi connectivity index (χ1v) is 10.6. The number of aliphatic hydroxyl groups excluding tert-OH is 1. The Morgan fingerprint density at radius 3 is 2.44 bits per heavy atom. The number of hydrogen-bond acceptors (Lipinski definition) is 6. The Morgan fingerprint density at radius 1 is 1.09 bits per heavy atom. The van der Waals surface area contributed by atoms with Crippen molar-refractivity contribution in [2.45, 2.75) is 31.9 Å². The summed E-state index contributed by atoms with van der Waals surface area (Å²) in [6.07, 6.45) is 1.59. The van der Waals surface area contributed by atoms with Gasteiger partial charge in [0.05, 0.1) is 31.9 Å². The minimum Gasteiger partial charge on any atom is -0.507 e. The summed E-state index contributed by atoms with van der Waals surface area (Å²) in [5.41, 5.74) is 2.21. The number of rotatable bonds is 6. The zero-order valence-electron chi connectivity index (χ0n) is 18.5. The number of Topliss-reactive ketones (excluding diaryl/α,β-unsaturated/α-hetero) is 1. The first kappa shape index (κ1) is 21.9. The number of carbonyl (C=O) groups excluding carboxylic acids is 2. The van der Waals surface area contributed by atoms with Crippen molar-refractivity contribution < 1.29 is 28.9 Å². The van der Waals surface area contributed by atoms with Gasteiger partial charge in [0.1, 0.15) is 5.76 Å². The fourth-order valence-corrected chi connectivity index (χ4v) is 4.31. The molecule has 2 aromatic rings. The topological polar surface area (TPSA) is 85.3 Å². The van der Waals surface area contributed by atoms with Crippen LogP contribution in [-0.2, 0) is 14.3 Å². The number of ketones is 1. The molecule has 2 aromatic carbocycles. The monoisotopic (exact) mass is 437 g/mol. The SMILES string of the molecule is COc1ccc(C2C(=C(O)c3ccc(C)cc3)C(=O)C(=O)N2CC2CCCO2)cc1OC. The van der Waals surface area contributed by atoms with E-state index in [-0.39, 0.29) is 24.0 Å². The molecule has 1 amide bonds. The Morgan fingerprint density at radius 2 is 1.81 bits per heavy atom. The molecular weight excluding hydrogens is 410 g/mol. The molecule has 2 heterocycles. The van der Waals surface area contributed by atoms with Crippen LogP contribution < -0.4 is 9.47 Å². The van der Waals surface area contributed by atoms with Crippen molar-refractivity contribution in [2.24, 2.45) is 0 Å². The van der Waals surface area contributed by atoms with E-state index in [2.05, 4.69) is 0 Å². The van der Waals surface area contributed by atoms with Crippen molar-refractivity contribution in [1.82, 2.24) is 4.90 Å². The molecule has 0 radical (unpaired) electrons. The van der Waals surface area contributed by atoms with Gasteiger partial charge in [-0.25, -0.2) is 0 Å². The van der Waals surface area contributed by atoms with E-state index in [1.165, 1.54) is 12.0 Å². The molecule has 2 atom stereocenters. The molecule has 7 nitrogen and oxygen atoms in total. The lowest BCUT2D eigenvalue weighted by Gasteiger charge is -2.28. The van der Waals surface area contributed by atoms with Gasteiger partial charge in [-0.1, -0.05) is 35.9 Å². The predicted molar refractivity (Wildman–Crippen MR) is 119 cm³/mol. The Hall–Kier alpha value is -3.32. The third-order valence-electron chi connectivity index (χ3n) is 6.01. The van der Waals surface area contributed by atoms with Crippen LogP contribution in [0.3, 0.4) is 0 Å². The molecule has 2 unspecified atom stereocenters. The minimum atomic E-state index is -0.764. The number of amides is 1. The molecule has 2 fully saturated rings. The minimum absolute atomic E-state index is 0.0593. The van der Waals surface area contributed by atoms with Crippen molar-refractivity contribution in [3.05, 3.63) is 64.7 Å². The summed E-state index contributed by atoms with van der Waals surface area (Å²) in [7, 11) is 3.07. The Kier molecular flexibility index (Phi) is 6.19. The number of benzene rings is 2. The summed E-state index contributed by atoms with van der Waals surface area (Å²) in [5.74, 6) is -0.540. The van der Waals surface area contributed by atoms with Gasteiger partial charge < -0.3 is 24.2 Å². The van der Waals surface area contributed by atoms with Crippen LogP contribution in [0.1, 0.15) is 35.6 Å². The quantitative estimate of drug-likeness (QED) is 0.422. The standard InChI is InChI=1S/C25H27NO6/c1-15-6-8-16(9-7-15)23(27)21-22(17-10-11-19(30-2)20(13-17)31-3)26(25(29)24(21)28)14-18-5-4-12-32-18/h6-11,13,18,22,27H,4-5,12,14H2,1-3H3. The van der Waals surface area contributed by atoms with Crippen molar-refractivity contribution in [3.8, 4) is 11.5 Å². The van der Waals surface area contributed by atoms with Crippen molar-refractivity contribution in [1.29, 1.82) is 0 Å². The van der Waals surface area contributed by atoms with Crippen LogP contribution in [0.4, 0.5) is 0 Å². The van der Waals surface area contributed by atoms with E-state index in [1.807, 2.05) is 19.1 Å². The second-order valence-electron chi connectivity index (χ2n) is 8.07. The Bertz CT molecular complexity index is 1050. The number of methoxy groups -OCH3 is 2. The number of likely N-dealkylation sites (tertiary alicyclic amines) is 1. The van der Waals surface area contributed by atoms with E-state index in [4.69, 9.17) is 14.2 Å². The van der Waals surface area contributed by atoms with Gasteiger partial charge in [0.15, 0.2) is 11.5 Å². The van der Waals surface area contributed by atoms with Gasteiger partial charge in [-0.2, -0.15) is 0 Å². The lowest BCUT2D eigenvalue weighted by molar-refractivity contribution is -0.140. The zero-order chi connectivity index (χ0) is 22.8. The summed E-state index contributed by atoms with van der Waals surface area (Å²) in [4.78, 5) is 27.7. The third kappa shape index (κ3) is 3.96. The van der Waals surface area contributed by atoms with Crippen molar-refractivity contribution in [2.75, 3.05) is 27.4 Å². The molecule has 32 heavy (non-hydrogen) atoms. The fraction of sp³-hybridized carbons (Fsp3) is 0.360. The molecule has 2 aliphatic heterocycles. The average Bonchev–Trinajstić information content (AvgIpc) is 3.41. The summed E-state index contributed by atoms with van der Waals surface area (Å²) >= 11 is 0. The molecule has 0 spiro atoms. The predicted octanol–water partition coefficient (Wildman–Crippen LogP) is 3.61. The number of carbonyl (C=O) groups is 2. The van der Waals surface area contributed by atoms with Gasteiger partial charge in [0, 0.05) is 18.7 Å². The molecule has 2 aliphatic rings. The van der Waals surface area contributed by atoms with Crippen LogP contribution in [0, 0.1) is 6.92 Å². The van der Waals surface area contributed by atoms with Crippen molar-refractivity contribution >= 4 is 17.4 Å². The van der Waals surface area contributed by atoms with Crippen LogP contribution in [-0.4, -0.2) is 55.2 Å². The summed E-state index contributed by atoms with van der Waals surface area (Å²) < 4.78 is 16.5.